The van der Waals surface area contributed by atoms with Crippen molar-refractivity contribution >= 4 is 17.0 Å². The summed E-state index contributed by atoms with van der Waals surface area (Å²) in [5.74, 6) is -0.117. The molecule has 146 valence electrons. The van der Waals surface area contributed by atoms with E-state index in [1.807, 2.05) is 63.2 Å². The van der Waals surface area contributed by atoms with Gasteiger partial charge in [0, 0.05) is 25.0 Å². The lowest BCUT2D eigenvalue weighted by Gasteiger charge is -2.25. The fourth-order valence-electron chi connectivity index (χ4n) is 3.35. The quantitative estimate of drug-likeness (QED) is 0.507. The number of aryl methyl sites for hydroxylation is 2. The number of carbonyl (C=O) groups excluding carboxylic acids is 1. The van der Waals surface area contributed by atoms with Gasteiger partial charge >= 0.3 is 0 Å². The largest absolute Gasteiger partial charge is 0.335 e. The molecule has 3 heterocycles. The summed E-state index contributed by atoms with van der Waals surface area (Å²) >= 11 is 0. The van der Waals surface area contributed by atoms with E-state index in [1.54, 1.807) is 24.3 Å². The van der Waals surface area contributed by atoms with Crippen molar-refractivity contribution in [2.75, 3.05) is 7.05 Å². The molecule has 6 heteroatoms. The lowest BCUT2D eigenvalue weighted by atomic mass is 10.0. The van der Waals surface area contributed by atoms with Crippen LogP contribution in [0.25, 0.3) is 22.4 Å². The van der Waals surface area contributed by atoms with Gasteiger partial charge in [-0.25, -0.2) is 4.98 Å². The summed E-state index contributed by atoms with van der Waals surface area (Å²) in [5, 5.41) is 4.68. The molecule has 3 aromatic heterocycles. The maximum atomic E-state index is 13.5. The molecule has 1 aromatic carbocycles. The molecular weight excluding hydrogens is 364 g/mol. The molecule has 0 radical (unpaired) electrons. The van der Waals surface area contributed by atoms with Gasteiger partial charge < -0.3 is 9.42 Å². The van der Waals surface area contributed by atoms with E-state index >= 15 is 0 Å². The second-order valence-electron chi connectivity index (χ2n) is 7.25. The molecular formula is C23H22N4O2. The number of aromatic nitrogens is 3. The van der Waals surface area contributed by atoms with E-state index in [2.05, 4.69) is 15.1 Å². The predicted molar refractivity (Wildman–Crippen MR) is 111 cm³/mol. The summed E-state index contributed by atoms with van der Waals surface area (Å²) in [5.41, 5.74) is 5.27. The number of rotatable bonds is 4. The minimum absolute atomic E-state index is 0.117. The van der Waals surface area contributed by atoms with Gasteiger partial charge in [0.05, 0.1) is 28.4 Å². The monoisotopic (exact) mass is 386 g/mol. The van der Waals surface area contributed by atoms with Gasteiger partial charge in [-0.1, -0.05) is 41.1 Å². The minimum Gasteiger partial charge on any atom is -0.335 e. The van der Waals surface area contributed by atoms with Gasteiger partial charge in [-0.3, -0.25) is 9.78 Å². The number of nitrogens with zero attached hydrogens (tertiary/aromatic N) is 4. The summed E-state index contributed by atoms with van der Waals surface area (Å²) < 4.78 is 5.41. The zero-order chi connectivity index (χ0) is 20.5. The van der Waals surface area contributed by atoms with E-state index in [0.29, 0.717) is 28.1 Å². The smallest absolute Gasteiger partial charge is 0.259 e. The molecule has 1 unspecified atom stereocenters. The zero-order valence-corrected chi connectivity index (χ0v) is 16.9. The van der Waals surface area contributed by atoms with Crippen molar-refractivity contribution in [2.45, 2.75) is 26.8 Å². The average molecular weight is 386 g/mol. The van der Waals surface area contributed by atoms with Crippen molar-refractivity contribution in [1.82, 2.24) is 20.0 Å². The Morgan fingerprint density at radius 2 is 1.90 bits per heavy atom. The van der Waals surface area contributed by atoms with Crippen LogP contribution in [-0.4, -0.2) is 33.0 Å². The first kappa shape index (κ1) is 18.8. The molecule has 1 atom stereocenters. The van der Waals surface area contributed by atoms with Gasteiger partial charge in [-0.05, 0) is 38.5 Å². The highest BCUT2D eigenvalue weighted by molar-refractivity contribution is 6.07. The summed E-state index contributed by atoms with van der Waals surface area (Å²) in [6, 6.07) is 13.5. The molecule has 0 saturated heterocycles. The molecule has 29 heavy (non-hydrogen) atoms. The Hall–Kier alpha value is -3.54. The van der Waals surface area contributed by atoms with Crippen LogP contribution in [0.15, 0.2) is 59.4 Å². The van der Waals surface area contributed by atoms with Crippen molar-refractivity contribution in [3.8, 4) is 11.3 Å². The van der Waals surface area contributed by atoms with Crippen molar-refractivity contribution in [3.63, 3.8) is 0 Å². The second-order valence-corrected chi connectivity index (χ2v) is 7.25. The van der Waals surface area contributed by atoms with Crippen molar-refractivity contribution in [1.29, 1.82) is 0 Å². The molecule has 4 aromatic rings. The molecule has 0 aliphatic heterocycles. The summed E-state index contributed by atoms with van der Waals surface area (Å²) in [7, 11) is 1.79. The first-order valence-corrected chi connectivity index (χ1v) is 9.47. The number of hydrogen-bond donors (Lipinski definition) is 0. The zero-order valence-electron chi connectivity index (χ0n) is 16.9. The van der Waals surface area contributed by atoms with E-state index < -0.39 is 0 Å². The molecule has 0 saturated carbocycles. The van der Waals surface area contributed by atoms with Crippen LogP contribution in [0.5, 0.6) is 0 Å². The Morgan fingerprint density at radius 3 is 2.59 bits per heavy atom. The fourth-order valence-corrected chi connectivity index (χ4v) is 3.35. The highest BCUT2D eigenvalue weighted by Crippen LogP contribution is 2.29. The summed E-state index contributed by atoms with van der Waals surface area (Å²) in [4.78, 5) is 23.9. The van der Waals surface area contributed by atoms with E-state index in [-0.39, 0.29) is 11.9 Å². The van der Waals surface area contributed by atoms with Crippen LogP contribution >= 0.6 is 0 Å². The molecule has 1 amide bonds. The van der Waals surface area contributed by atoms with Crippen LogP contribution < -0.4 is 0 Å². The van der Waals surface area contributed by atoms with Gasteiger partial charge in [0.2, 0.25) is 0 Å². The van der Waals surface area contributed by atoms with E-state index in [4.69, 9.17) is 4.52 Å². The van der Waals surface area contributed by atoms with Gasteiger partial charge in [-0.2, -0.15) is 0 Å². The first-order valence-electron chi connectivity index (χ1n) is 9.47. The van der Waals surface area contributed by atoms with Gasteiger partial charge in [0.15, 0.2) is 0 Å². The normalized spacial score (nSPS) is 12.1. The summed E-state index contributed by atoms with van der Waals surface area (Å²) in [6.45, 7) is 5.83. The van der Waals surface area contributed by atoms with Crippen molar-refractivity contribution in [3.05, 3.63) is 77.2 Å². The third-order valence-corrected chi connectivity index (χ3v) is 5.26. The van der Waals surface area contributed by atoms with Gasteiger partial charge in [0.25, 0.3) is 11.6 Å². The molecule has 0 aliphatic carbocycles. The standard InChI is InChI=1S/C23H22N4O2/c1-14-7-9-17(10-8-14)20-12-19(21-15(2)26-29-22(21)25-20)23(28)27(4)16(3)18-6-5-11-24-13-18/h5-13,16H,1-4H3. The number of hydrogen-bond acceptors (Lipinski definition) is 5. The Morgan fingerprint density at radius 1 is 1.14 bits per heavy atom. The molecule has 0 aliphatic rings. The lowest BCUT2D eigenvalue weighted by molar-refractivity contribution is 0.0744. The maximum Gasteiger partial charge on any atom is 0.259 e. The van der Waals surface area contributed by atoms with Crippen LogP contribution in [0.1, 0.15) is 40.1 Å². The van der Waals surface area contributed by atoms with E-state index in [9.17, 15) is 4.79 Å². The highest BCUT2D eigenvalue weighted by atomic mass is 16.5. The Balaban J connectivity index is 1.80. The van der Waals surface area contributed by atoms with Crippen molar-refractivity contribution in [2.24, 2.45) is 0 Å². The fraction of sp³-hybridized carbons (Fsp3) is 0.217. The molecule has 0 bridgehead atoms. The highest BCUT2D eigenvalue weighted by Gasteiger charge is 2.25. The third-order valence-electron chi connectivity index (χ3n) is 5.26. The van der Waals surface area contributed by atoms with E-state index in [1.165, 1.54) is 0 Å². The number of pyridine rings is 2. The molecule has 0 N–H and O–H groups in total. The summed E-state index contributed by atoms with van der Waals surface area (Å²) in [6.07, 6.45) is 3.50. The van der Waals surface area contributed by atoms with Gasteiger partial charge in [-0.15, -0.1) is 0 Å². The topological polar surface area (TPSA) is 72.1 Å². The predicted octanol–water partition coefficient (Wildman–Crippen LogP) is 4.73. The molecule has 4 rings (SSSR count). The van der Waals surface area contributed by atoms with Crippen LogP contribution in [-0.2, 0) is 0 Å². The Bertz CT molecular complexity index is 1170. The maximum absolute atomic E-state index is 13.5. The SMILES string of the molecule is Cc1ccc(-c2cc(C(=O)N(C)C(C)c3cccnc3)c3c(C)noc3n2)cc1. The van der Waals surface area contributed by atoms with Crippen molar-refractivity contribution < 1.29 is 9.32 Å². The van der Waals surface area contributed by atoms with Crippen LogP contribution in [0.2, 0.25) is 0 Å². The number of amides is 1. The van der Waals surface area contributed by atoms with E-state index in [0.717, 1.165) is 16.7 Å². The number of fused-ring (bicyclic) bond motifs is 1. The number of benzene rings is 1. The van der Waals surface area contributed by atoms with Gasteiger partial charge in [0.1, 0.15) is 0 Å². The molecule has 0 fully saturated rings. The second kappa shape index (κ2) is 7.47. The average Bonchev–Trinajstić information content (AvgIpc) is 3.13. The minimum atomic E-state index is -0.137. The molecule has 6 nitrogen and oxygen atoms in total. The number of carbonyl (C=O) groups is 1. The lowest BCUT2D eigenvalue weighted by Crippen LogP contribution is -2.30. The molecule has 0 spiro atoms. The van der Waals surface area contributed by atoms with Crippen LogP contribution in [0.3, 0.4) is 0 Å². The Kier molecular flexibility index (Phi) is 4.84. The van der Waals surface area contributed by atoms with Crippen LogP contribution in [0, 0.1) is 13.8 Å². The Labute approximate surface area is 169 Å². The van der Waals surface area contributed by atoms with Crippen LogP contribution in [0.4, 0.5) is 0 Å². The first-order chi connectivity index (χ1) is 14.0. The third kappa shape index (κ3) is 3.49.